The van der Waals surface area contributed by atoms with Gasteiger partial charge in [-0.15, -0.1) is 0 Å². The van der Waals surface area contributed by atoms with Crippen LogP contribution in [0, 0.1) is 5.92 Å². The largest absolute Gasteiger partial charge is 0.497 e. The van der Waals surface area contributed by atoms with Gasteiger partial charge in [0.25, 0.3) is 0 Å². The molecule has 0 radical (unpaired) electrons. The molecule has 0 bridgehead atoms. The molecule has 0 spiro atoms. The van der Waals surface area contributed by atoms with Crippen molar-refractivity contribution in [3.8, 4) is 11.5 Å². The van der Waals surface area contributed by atoms with Crippen LogP contribution in [-0.2, 0) is 24.4 Å². The van der Waals surface area contributed by atoms with Crippen molar-refractivity contribution in [2.24, 2.45) is 5.92 Å². The zero-order valence-corrected chi connectivity index (χ0v) is 20.1. The minimum atomic E-state index is 0.182. The molecule has 35 heavy (non-hydrogen) atoms. The van der Waals surface area contributed by atoms with Crippen LogP contribution in [-0.4, -0.2) is 40.6 Å². The lowest BCUT2D eigenvalue weighted by Crippen LogP contribution is -2.40. The highest BCUT2D eigenvalue weighted by Crippen LogP contribution is 2.25. The van der Waals surface area contributed by atoms with E-state index in [0.29, 0.717) is 18.9 Å². The first kappa shape index (κ1) is 23.0. The minimum absolute atomic E-state index is 0.182. The van der Waals surface area contributed by atoms with E-state index in [-0.39, 0.29) is 5.91 Å². The van der Waals surface area contributed by atoms with Crippen molar-refractivity contribution < 1.29 is 14.3 Å². The predicted octanol–water partition coefficient (Wildman–Crippen LogP) is 5.11. The quantitative estimate of drug-likeness (QED) is 0.360. The second-order valence-corrected chi connectivity index (χ2v) is 9.08. The van der Waals surface area contributed by atoms with Crippen LogP contribution in [0.15, 0.2) is 78.9 Å². The van der Waals surface area contributed by atoms with Gasteiger partial charge < -0.3 is 18.9 Å². The smallest absolute Gasteiger partial charge is 0.226 e. The number of likely N-dealkylation sites (tertiary alicyclic amines) is 1. The van der Waals surface area contributed by atoms with Gasteiger partial charge >= 0.3 is 0 Å². The van der Waals surface area contributed by atoms with Gasteiger partial charge in [0, 0.05) is 19.6 Å². The van der Waals surface area contributed by atoms with Crippen LogP contribution in [0.5, 0.6) is 11.5 Å². The molecule has 0 unspecified atom stereocenters. The number of hydrogen-bond acceptors (Lipinski definition) is 4. The van der Waals surface area contributed by atoms with Gasteiger partial charge in [0.2, 0.25) is 5.91 Å². The van der Waals surface area contributed by atoms with Crippen LogP contribution in [0.2, 0.25) is 0 Å². The minimum Gasteiger partial charge on any atom is -0.497 e. The van der Waals surface area contributed by atoms with Crippen LogP contribution >= 0.6 is 0 Å². The summed E-state index contributed by atoms with van der Waals surface area (Å²) in [7, 11) is 1.65. The van der Waals surface area contributed by atoms with Crippen molar-refractivity contribution in [1.29, 1.82) is 0 Å². The number of piperidine rings is 1. The van der Waals surface area contributed by atoms with E-state index in [2.05, 4.69) is 22.8 Å². The number of aromatic nitrogens is 2. The van der Waals surface area contributed by atoms with Crippen molar-refractivity contribution in [3.63, 3.8) is 0 Å². The van der Waals surface area contributed by atoms with Crippen LogP contribution in [0.1, 0.15) is 24.2 Å². The Morgan fingerprint density at radius 2 is 1.69 bits per heavy atom. The normalized spacial score (nSPS) is 14.3. The topological polar surface area (TPSA) is 56.6 Å². The number of carbonyl (C=O) groups excluding carboxylic acids is 1. The zero-order valence-electron chi connectivity index (χ0n) is 20.1. The summed E-state index contributed by atoms with van der Waals surface area (Å²) in [6, 6.07) is 25.9. The fourth-order valence-electron chi connectivity index (χ4n) is 4.80. The van der Waals surface area contributed by atoms with Gasteiger partial charge in [-0.2, -0.15) is 0 Å². The monoisotopic (exact) mass is 469 g/mol. The summed E-state index contributed by atoms with van der Waals surface area (Å²) in [6.07, 6.45) is 2.37. The molecular formula is C29H31N3O3. The van der Waals surface area contributed by atoms with E-state index >= 15 is 0 Å². The number of nitrogens with zero attached hydrogens (tertiary/aromatic N) is 3. The van der Waals surface area contributed by atoms with Crippen LogP contribution in [0.3, 0.4) is 0 Å². The Balaban J connectivity index is 1.22. The summed E-state index contributed by atoms with van der Waals surface area (Å²) in [5.41, 5.74) is 3.12. The number of amides is 1. The fourth-order valence-corrected chi connectivity index (χ4v) is 4.80. The lowest BCUT2D eigenvalue weighted by molar-refractivity contribution is -0.131. The summed E-state index contributed by atoms with van der Waals surface area (Å²) >= 11 is 0. The molecule has 0 atom stereocenters. The van der Waals surface area contributed by atoms with E-state index < -0.39 is 0 Å². The molecule has 0 aliphatic carbocycles. The first-order valence-electron chi connectivity index (χ1n) is 12.2. The van der Waals surface area contributed by atoms with Crippen LogP contribution in [0.25, 0.3) is 11.0 Å². The molecule has 1 aliphatic rings. The first-order valence-corrected chi connectivity index (χ1v) is 12.2. The van der Waals surface area contributed by atoms with E-state index in [4.69, 9.17) is 14.5 Å². The molecule has 1 amide bonds. The lowest BCUT2D eigenvalue weighted by Gasteiger charge is -2.32. The molecule has 6 nitrogen and oxygen atoms in total. The number of benzene rings is 3. The Morgan fingerprint density at radius 1 is 0.943 bits per heavy atom. The molecule has 0 saturated carbocycles. The number of methoxy groups -OCH3 is 1. The van der Waals surface area contributed by atoms with Gasteiger partial charge in [0.05, 0.1) is 24.6 Å². The Bertz CT molecular complexity index is 1280. The number of para-hydroxylation sites is 3. The number of rotatable bonds is 8. The third kappa shape index (κ3) is 5.48. The van der Waals surface area contributed by atoms with Gasteiger partial charge in [-0.25, -0.2) is 4.98 Å². The van der Waals surface area contributed by atoms with Crippen molar-refractivity contribution >= 4 is 16.9 Å². The fraction of sp³-hybridized carbons (Fsp3) is 0.310. The molecule has 2 heterocycles. The van der Waals surface area contributed by atoms with Gasteiger partial charge in [-0.3, -0.25) is 4.79 Å². The Kier molecular flexibility index (Phi) is 6.98. The van der Waals surface area contributed by atoms with Crippen molar-refractivity contribution in [2.45, 2.75) is 32.4 Å². The van der Waals surface area contributed by atoms with Gasteiger partial charge in [0.15, 0.2) is 0 Å². The van der Waals surface area contributed by atoms with Crippen LogP contribution in [0.4, 0.5) is 0 Å². The highest BCUT2D eigenvalue weighted by atomic mass is 16.5. The molecule has 180 valence electrons. The van der Waals surface area contributed by atoms with Crippen molar-refractivity contribution in [1.82, 2.24) is 14.5 Å². The number of ether oxygens (including phenoxy) is 2. The Hall–Kier alpha value is -3.80. The van der Waals surface area contributed by atoms with Gasteiger partial charge in [-0.05, 0) is 60.7 Å². The Morgan fingerprint density at radius 3 is 2.49 bits per heavy atom. The molecule has 1 aromatic heterocycles. The van der Waals surface area contributed by atoms with E-state index in [9.17, 15) is 4.79 Å². The number of carbonyl (C=O) groups is 1. The van der Waals surface area contributed by atoms with E-state index in [1.807, 2.05) is 65.6 Å². The average Bonchev–Trinajstić information content (AvgIpc) is 3.25. The highest BCUT2D eigenvalue weighted by molar-refractivity contribution is 5.79. The lowest BCUT2D eigenvalue weighted by atomic mass is 9.96. The van der Waals surface area contributed by atoms with Crippen molar-refractivity contribution in [3.05, 3.63) is 90.3 Å². The molecule has 0 N–H and O–H groups in total. The SMILES string of the molecule is COc1cccc(CC(=O)N2CCC(Cn3c(COc4ccccc4)nc4ccccc43)CC2)c1. The average molecular weight is 470 g/mol. The summed E-state index contributed by atoms with van der Waals surface area (Å²) in [5.74, 6) is 3.24. The number of fused-ring (bicyclic) bond motifs is 1. The molecule has 1 saturated heterocycles. The summed E-state index contributed by atoms with van der Waals surface area (Å²) in [6.45, 7) is 2.88. The number of hydrogen-bond donors (Lipinski definition) is 0. The van der Waals surface area contributed by atoms with E-state index in [1.165, 1.54) is 0 Å². The molecule has 4 aromatic rings. The molecule has 5 rings (SSSR count). The summed E-state index contributed by atoms with van der Waals surface area (Å²) in [4.78, 5) is 19.8. The summed E-state index contributed by atoms with van der Waals surface area (Å²) in [5, 5.41) is 0. The van der Waals surface area contributed by atoms with E-state index in [1.54, 1.807) is 7.11 Å². The molecule has 3 aromatic carbocycles. The highest BCUT2D eigenvalue weighted by Gasteiger charge is 2.24. The van der Waals surface area contributed by atoms with Crippen LogP contribution < -0.4 is 9.47 Å². The van der Waals surface area contributed by atoms with Gasteiger partial charge in [-0.1, -0.05) is 42.5 Å². The second-order valence-electron chi connectivity index (χ2n) is 9.08. The zero-order chi connectivity index (χ0) is 24.0. The maximum absolute atomic E-state index is 12.9. The first-order chi connectivity index (χ1) is 17.2. The molecular weight excluding hydrogens is 438 g/mol. The van der Waals surface area contributed by atoms with E-state index in [0.717, 1.165) is 66.4 Å². The third-order valence-corrected chi connectivity index (χ3v) is 6.74. The maximum Gasteiger partial charge on any atom is 0.226 e. The maximum atomic E-state index is 12.9. The number of imidazole rings is 1. The van der Waals surface area contributed by atoms with Crippen molar-refractivity contribution in [2.75, 3.05) is 20.2 Å². The second kappa shape index (κ2) is 10.6. The molecule has 1 aliphatic heterocycles. The molecule has 6 heteroatoms. The van der Waals surface area contributed by atoms with Gasteiger partial charge in [0.1, 0.15) is 23.9 Å². The standard InChI is InChI=1S/C29H31N3O3/c1-34-25-11-7-8-23(18-25)19-29(33)31-16-14-22(15-17-31)20-32-27-13-6-5-12-26(27)30-28(32)21-35-24-9-3-2-4-10-24/h2-13,18,22H,14-17,19-21H2,1H3. The third-order valence-electron chi connectivity index (χ3n) is 6.74. The Labute approximate surface area is 206 Å². The predicted molar refractivity (Wildman–Crippen MR) is 137 cm³/mol. The summed E-state index contributed by atoms with van der Waals surface area (Å²) < 4.78 is 13.6. The molecule has 1 fully saturated rings.